The van der Waals surface area contributed by atoms with Gasteiger partial charge in [-0.25, -0.2) is 14.5 Å². The highest BCUT2D eigenvalue weighted by molar-refractivity contribution is 5.89. The van der Waals surface area contributed by atoms with Gasteiger partial charge in [0.25, 0.3) is 0 Å². The summed E-state index contributed by atoms with van der Waals surface area (Å²) in [4.78, 5) is 30.0. The molecule has 0 aliphatic carbocycles. The van der Waals surface area contributed by atoms with Crippen LogP contribution in [0, 0.1) is 11.3 Å². The monoisotopic (exact) mass is 578 g/mol. The number of hydrogen-bond acceptors (Lipinski definition) is 10. The van der Waals surface area contributed by atoms with E-state index in [0.717, 1.165) is 5.56 Å². The molecule has 0 fully saturated rings. The molecule has 2 heterocycles. The van der Waals surface area contributed by atoms with Crippen LogP contribution in [0.15, 0.2) is 54.7 Å². The number of nitrogens with zero attached hydrogens (tertiary/aromatic N) is 6. The number of pyridine rings is 1. The van der Waals surface area contributed by atoms with E-state index in [1.165, 1.54) is 4.68 Å². The van der Waals surface area contributed by atoms with Gasteiger partial charge >= 0.3 is 6.09 Å². The zero-order chi connectivity index (χ0) is 30.6. The van der Waals surface area contributed by atoms with Crippen LogP contribution in [0.25, 0.3) is 0 Å². The van der Waals surface area contributed by atoms with Gasteiger partial charge in [0, 0.05) is 18.7 Å². The first-order valence-corrected chi connectivity index (χ1v) is 13.6. The number of benzene rings is 1. The highest BCUT2D eigenvalue weighted by Crippen LogP contribution is 2.22. The first-order chi connectivity index (χ1) is 20.0. The van der Waals surface area contributed by atoms with E-state index in [4.69, 9.17) is 14.2 Å². The third-order valence-electron chi connectivity index (χ3n) is 5.92. The van der Waals surface area contributed by atoms with Crippen LogP contribution in [0.4, 0.5) is 4.79 Å². The van der Waals surface area contributed by atoms with Crippen LogP contribution in [-0.2, 0) is 20.9 Å². The molecule has 1 aromatic carbocycles. The minimum Gasteiger partial charge on any atom is -0.478 e. The first-order valence-electron chi connectivity index (χ1n) is 13.6. The minimum absolute atomic E-state index is 0.0211. The van der Waals surface area contributed by atoms with Crippen LogP contribution in [0.2, 0.25) is 0 Å². The summed E-state index contributed by atoms with van der Waals surface area (Å²) in [6.45, 7) is 8.89. The van der Waals surface area contributed by atoms with Gasteiger partial charge in [0.05, 0.1) is 38.4 Å². The Morgan fingerprint density at radius 2 is 1.81 bits per heavy atom. The van der Waals surface area contributed by atoms with E-state index in [2.05, 4.69) is 37.2 Å². The fourth-order valence-corrected chi connectivity index (χ4v) is 3.84. The maximum atomic E-state index is 13.4. The highest BCUT2D eigenvalue weighted by Gasteiger charge is 2.35. The molecule has 0 unspecified atom stereocenters. The predicted molar refractivity (Wildman–Crippen MR) is 152 cm³/mol. The second-order valence-electron chi connectivity index (χ2n) is 11.1. The number of hydrogen-bond donors (Lipinski definition) is 2. The summed E-state index contributed by atoms with van der Waals surface area (Å²) in [5, 5.41) is 27.2. The number of tetrazole rings is 1. The van der Waals surface area contributed by atoms with E-state index in [1.54, 1.807) is 52.9 Å². The molecule has 0 saturated carbocycles. The molecule has 224 valence electrons. The average Bonchev–Trinajstić information content (AvgIpc) is 3.41. The van der Waals surface area contributed by atoms with Crippen LogP contribution >= 0.6 is 0 Å². The Morgan fingerprint density at radius 3 is 2.48 bits per heavy atom. The van der Waals surface area contributed by atoms with E-state index >= 15 is 0 Å². The number of aromatic nitrogens is 5. The average molecular weight is 579 g/mol. The van der Waals surface area contributed by atoms with Crippen molar-refractivity contribution in [2.24, 2.45) is 0 Å². The summed E-state index contributed by atoms with van der Waals surface area (Å²) in [6, 6.07) is 15.8. The molecule has 0 aliphatic heterocycles. The van der Waals surface area contributed by atoms with Crippen LogP contribution in [0.3, 0.4) is 0 Å². The van der Waals surface area contributed by atoms with E-state index in [-0.39, 0.29) is 26.2 Å². The van der Waals surface area contributed by atoms with E-state index < -0.39 is 35.2 Å². The quantitative estimate of drug-likeness (QED) is 0.288. The van der Waals surface area contributed by atoms with Gasteiger partial charge < -0.3 is 24.8 Å². The first kappa shape index (κ1) is 32.0. The van der Waals surface area contributed by atoms with Crippen LogP contribution in [-0.4, -0.2) is 61.5 Å². The summed E-state index contributed by atoms with van der Waals surface area (Å²) in [5.74, 6) is 0.249. The van der Waals surface area contributed by atoms with Crippen molar-refractivity contribution >= 4 is 12.0 Å². The van der Waals surface area contributed by atoms with E-state index in [0.29, 0.717) is 18.1 Å². The van der Waals surface area contributed by atoms with Gasteiger partial charge in [-0.15, -0.1) is 5.10 Å². The molecule has 2 aromatic heterocycles. The van der Waals surface area contributed by atoms with Crippen molar-refractivity contribution in [3.8, 4) is 11.9 Å². The second-order valence-corrected chi connectivity index (χ2v) is 11.1. The summed E-state index contributed by atoms with van der Waals surface area (Å²) >= 11 is 0. The number of ether oxygens (including phenoxy) is 3. The lowest BCUT2D eigenvalue weighted by Crippen LogP contribution is -2.56. The van der Waals surface area contributed by atoms with Gasteiger partial charge in [0.1, 0.15) is 17.2 Å². The van der Waals surface area contributed by atoms with Crippen molar-refractivity contribution in [2.75, 3.05) is 13.2 Å². The van der Waals surface area contributed by atoms with Crippen molar-refractivity contribution in [1.29, 1.82) is 5.26 Å². The number of carbonyl (C=O) groups is 2. The predicted octanol–water partition coefficient (Wildman–Crippen LogP) is 3.67. The number of rotatable bonds is 14. The smallest absolute Gasteiger partial charge is 0.408 e. The van der Waals surface area contributed by atoms with Crippen molar-refractivity contribution in [3.63, 3.8) is 0 Å². The van der Waals surface area contributed by atoms with Crippen molar-refractivity contribution in [3.05, 3.63) is 66.1 Å². The summed E-state index contributed by atoms with van der Waals surface area (Å²) in [6.07, 6.45) is 1.40. The molecule has 2 N–H and O–H groups in total. The van der Waals surface area contributed by atoms with Gasteiger partial charge in [-0.1, -0.05) is 36.4 Å². The highest BCUT2D eigenvalue weighted by atomic mass is 16.6. The topological polar surface area (TPSA) is 166 Å². The fraction of sp³-hybridized carbons (Fsp3) is 0.483. The molecule has 3 aromatic rings. The fourth-order valence-electron chi connectivity index (χ4n) is 3.84. The molecule has 13 heteroatoms. The Balaban J connectivity index is 1.79. The lowest BCUT2D eigenvalue weighted by Gasteiger charge is -2.29. The molecule has 3 rings (SSSR count). The van der Waals surface area contributed by atoms with Gasteiger partial charge in [-0.3, -0.25) is 4.79 Å². The Hall–Kier alpha value is -4.57. The minimum atomic E-state index is -1.35. The summed E-state index contributed by atoms with van der Waals surface area (Å²) in [5.41, 5.74) is -1.13. The van der Waals surface area contributed by atoms with Crippen molar-refractivity contribution < 1.29 is 23.8 Å². The molecular weight excluding hydrogens is 540 g/mol. The SMILES string of the molecule is CC(C)(C)OC(=O)NC(C)(C)C(=O)N[C@H](COCc1ccccc1)c1nnnn1[C@H](CC#N)CCOc1ccccn1. The molecule has 0 saturated heterocycles. The normalized spacial score (nSPS) is 13.0. The Kier molecular flexibility index (Phi) is 11.3. The molecule has 0 bridgehead atoms. The molecular formula is C29H38N8O5. The third-order valence-corrected chi connectivity index (χ3v) is 5.92. The molecule has 0 spiro atoms. The number of alkyl carbamates (subject to hydrolysis) is 1. The van der Waals surface area contributed by atoms with Crippen LogP contribution in [0.1, 0.15) is 70.9 Å². The second kappa shape index (κ2) is 14.9. The zero-order valence-corrected chi connectivity index (χ0v) is 24.6. The third kappa shape index (κ3) is 10.1. The van der Waals surface area contributed by atoms with Gasteiger partial charge in [0.2, 0.25) is 11.8 Å². The molecule has 0 aliphatic rings. The number of nitrogens with one attached hydrogen (secondary N) is 2. The van der Waals surface area contributed by atoms with E-state index in [9.17, 15) is 14.9 Å². The Bertz CT molecular complexity index is 1320. The molecule has 42 heavy (non-hydrogen) atoms. The van der Waals surface area contributed by atoms with Gasteiger partial charge in [-0.2, -0.15) is 5.26 Å². The van der Waals surface area contributed by atoms with Gasteiger partial charge in [0.15, 0.2) is 5.82 Å². The summed E-state index contributed by atoms with van der Waals surface area (Å²) < 4.78 is 18.5. The van der Waals surface area contributed by atoms with Crippen LogP contribution in [0.5, 0.6) is 5.88 Å². The van der Waals surface area contributed by atoms with E-state index in [1.807, 2.05) is 36.4 Å². The number of amides is 2. The molecule has 13 nitrogen and oxygen atoms in total. The maximum absolute atomic E-state index is 13.4. The zero-order valence-electron chi connectivity index (χ0n) is 24.6. The lowest BCUT2D eigenvalue weighted by atomic mass is 10.0. The standard InChI is InChI=1S/C29H38N8O5/c1-28(2,3)42-27(39)33-29(4,5)26(38)32-23(20-40-19-21-11-7-6-8-12-21)25-34-35-36-37(25)22(14-16-30)15-18-41-24-13-9-10-17-31-24/h6-13,17,22-23H,14-15,18-20H2,1-5H3,(H,32,38)(H,33,39)/t22-,23-/m1/s1. The Morgan fingerprint density at radius 1 is 1.07 bits per heavy atom. The van der Waals surface area contributed by atoms with Gasteiger partial charge in [-0.05, 0) is 56.7 Å². The summed E-state index contributed by atoms with van der Waals surface area (Å²) in [7, 11) is 0. The van der Waals surface area contributed by atoms with Crippen LogP contribution < -0.4 is 15.4 Å². The largest absolute Gasteiger partial charge is 0.478 e. The lowest BCUT2D eigenvalue weighted by molar-refractivity contribution is -0.127. The number of carbonyl (C=O) groups excluding carboxylic acids is 2. The van der Waals surface area contributed by atoms with Crippen molar-refractivity contribution in [1.82, 2.24) is 35.8 Å². The maximum Gasteiger partial charge on any atom is 0.408 e. The molecule has 2 atom stereocenters. The van der Waals surface area contributed by atoms with Crippen molar-refractivity contribution in [2.45, 2.75) is 77.3 Å². The molecule has 0 radical (unpaired) electrons. The Labute approximate surface area is 245 Å². The molecule has 2 amide bonds. The number of nitriles is 1.